The first-order valence-electron chi connectivity index (χ1n) is 8.50. The third-order valence-electron chi connectivity index (χ3n) is 4.47. The van der Waals surface area contributed by atoms with E-state index in [2.05, 4.69) is 26.0 Å². The highest BCUT2D eigenvalue weighted by molar-refractivity contribution is 9.10. The number of hydrogen-bond acceptors (Lipinski definition) is 5. The lowest BCUT2D eigenvalue weighted by Gasteiger charge is -2.27. The normalized spacial score (nSPS) is 19.4. The fraction of sp³-hybridized carbons (Fsp3) is 0.278. The van der Waals surface area contributed by atoms with Crippen LogP contribution in [0.5, 0.6) is 0 Å². The first-order chi connectivity index (χ1) is 13.1. The summed E-state index contributed by atoms with van der Waals surface area (Å²) in [5.74, 6) is -0.603. The van der Waals surface area contributed by atoms with E-state index in [1.807, 2.05) is 0 Å². The molecule has 150 valence electrons. The molecule has 0 unspecified atom stereocenters. The second-order valence-electron chi connectivity index (χ2n) is 6.50. The van der Waals surface area contributed by atoms with E-state index >= 15 is 0 Å². The number of carbonyl (C=O) groups excluding carboxylic acids is 1. The molecule has 1 amide bonds. The molecule has 1 heterocycles. The molecule has 2 aromatic carbocycles. The summed E-state index contributed by atoms with van der Waals surface area (Å²) in [6, 6.07) is 11.0. The van der Waals surface area contributed by atoms with Crippen molar-refractivity contribution in [1.29, 1.82) is 0 Å². The van der Waals surface area contributed by atoms with Crippen molar-refractivity contribution in [2.45, 2.75) is 35.2 Å². The molecular weight excluding hydrogens is 468 g/mol. The zero-order valence-corrected chi connectivity index (χ0v) is 18.1. The van der Waals surface area contributed by atoms with Crippen molar-refractivity contribution in [3.05, 3.63) is 58.6 Å². The van der Waals surface area contributed by atoms with Gasteiger partial charge in [-0.05, 0) is 49.2 Å². The Labute approximate surface area is 172 Å². The van der Waals surface area contributed by atoms with Crippen LogP contribution in [0.4, 0.5) is 0 Å². The van der Waals surface area contributed by atoms with E-state index in [9.17, 15) is 21.6 Å². The van der Waals surface area contributed by atoms with Crippen molar-refractivity contribution in [1.82, 2.24) is 10.0 Å². The molecule has 0 bridgehead atoms. The van der Waals surface area contributed by atoms with Gasteiger partial charge in [0.2, 0.25) is 15.9 Å². The number of amides is 1. The number of sulfone groups is 1. The SMILES string of the molecule is C[C@H](NS(=O)(=O)c1ccc(Br)cc1)C(=O)N[C@H]1CCS(=O)(=O)c2ccccc21. The van der Waals surface area contributed by atoms with Gasteiger partial charge in [-0.2, -0.15) is 4.72 Å². The molecule has 1 aliphatic rings. The van der Waals surface area contributed by atoms with E-state index in [1.165, 1.54) is 25.1 Å². The highest BCUT2D eigenvalue weighted by atomic mass is 79.9. The lowest BCUT2D eigenvalue weighted by molar-refractivity contribution is -0.123. The Balaban J connectivity index is 1.74. The number of sulfonamides is 1. The number of fused-ring (bicyclic) bond motifs is 1. The van der Waals surface area contributed by atoms with Gasteiger partial charge in [-0.1, -0.05) is 34.1 Å². The van der Waals surface area contributed by atoms with Crippen molar-refractivity contribution in [3.63, 3.8) is 0 Å². The molecule has 0 aliphatic carbocycles. The standard InChI is InChI=1S/C18H19BrN2O5S2/c1-12(21-28(25,26)14-8-6-13(19)7-9-14)18(22)20-16-10-11-27(23,24)17-5-3-2-4-15(16)17/h2-9,12,16,21H,10-11H2,1H3,(H,20,22)/t12-,16-/m0/s1. The van der Waals surface area contributed by atoms with Crippen molar-refractivity contribution in [2.75, 3.05) is 5.75 Å². The van der Waals surface area contributed by atoms with Crippen molar-refractivity contribution in [3.8, 4) is 0 Å². The summed E-state index contributed by atoms with van der Waals surface area (Å²) in [7, 11) is -7.23. The fourth-order valence-electron chi connectivity index (χ4n) is 3.00. The van der Waals surface area contributed by atoms with Crippen LogP contribution in [-0.2, 0) is 24.7 Å². The molecule has 0 saturated carbocycles. The second kappa shape index (κ2) is 7.94. The molecule has 2 aromatic rings. The summed E-state index contributed by atoms with van der Waals surface area (Å²) >= 11 is 3.24. The zero-order chi connectivity index (χ0) is 20.5. The molecule has 1 aliphatic heterocycles. The van der Waals surface area contributed by atoms with Gasteiger partial charge in [0, 0.05) is 4.47 Å². The Morgan fingerprint density at radius 2 is 1.79 bits per heavy atom. The second-order valence-corrected chi connectivity index (χ2v) is 11.2. The monoisotopic (exact) mass is 486 g/mol. The van der Waals surface area contributed by atoms with Crippen LogP contribution in [0.3, 0.4) is 0 Å². The Kier molecular flexibility index (Phi) is 5.95. The number of nitrogens with one attached hydrogen (secondary N) is 2. The maximum atomic E-state index is 12.6. The number of benzene rings is 2. The van der Waals surface area contributed by atoms with E-state index < -0.39 is 37.9 Å². The zero-order valence-electron chi connectivity index (χ0n) is 14.9. The van der Waals surface area contributed by atoms with Crippen molar-refractivity contribution < 1.29 is 21.6 Å². The number of halogens is 1. The largest absolute Gasteiger partial charge is 0.348 e. The van der Waals surface area contributed by atoms with Gasteiger partial charge in [0.25, 0.3) is 0 Å². The molecule has 0 spiro atoms. The Morgan fingerprint density at radius 3 is 2.46 bits per heavy atom. The minimum Gasteiger partial charge on any atom is -0.348 e. The van der Waals surface area contributed by atoms with Crippen LogP contribution < -0.4 is 10.0 Å². The van der Waals surface area contributed by atoms with Crippen molar-refractivity contribution in [2.24, 2.45) is 0 Å². The van der Waals surface area contributed by atoms with Gasteiger partial charge in [-0.3, -0.25) is 4.79 Å². The maximum absolute atomic E-state index is 12.6. The van der Waals surface area contributed by atoms with Gasteiger partial charge in [-0.15, -0.1) is 0 Å². The lowest BCUT2D eigenvalue weighted by atomic mass is 10.0. The van der Waals surface area contributed by atoms with Crippen LogP contribution in [0.15, 0.2) is 62.8 Å². The third-order valence-corrected chi connectivity index (χ3v) is 8.37. The van der Waals surface area contributed by atoms with E-state index in [0.717, 1.165) is 4.47 Å². The summed E-state index contributed by atoms with van der Waals surface area (Å²) in [6.07, 6.45) is 0.233. The predicted octanol–water partition coefficient (Wildman–Crippen LogP) is 2.15. The summed E-state index contributed by atoms with van der Waals surface area (Å²) in [5, 5.41) is 2.76. The first kappa shape index (κ1) is 21.0. The highest BCUT2D eigenvalue weighted by Crippen LogP contribution is 2.31. The summed E-state index contributed by atoms with van der Waals surface area (Å²) in [4.78, 5) is 12.8. The van der Waals surface area contributed by atoms with Gasteiger partial charge in [0.05, 0.1) is 27.6 Å². The van der Waals surface area contributed by atoms with Crippen LogP contribution in [-0.4, -0.2) is 34.5 Å². The smallest absolute Gasteiger partial charge is 0.241 e. The molecule has 0 radical (unpaired) electrons. The highest BCUT2D eigenvalue weighted by Gasteiger charge is 2.32. The maximum Gasteiger partial charge on any atom is 0.241 e. The minimum absolute atomic E-state index is 0.0458. The molecular formula is C18H19BrN2O5S2. The van der Waals surface area contributed by atoms with E-state index in [4.69, 9.17) is 0 Å². The molecule has 0 saturated heterocycles. The third kappa shape index (κ3) is 4.45. The van der Waals surface area contributed by atoms with Crippen LogP contribution in [0.2, 0.25) is 0 Å². The van der Waals surface area contributed by atoms with E-state index in [-0.39, 0.29) is 22.0 Å². The molecule has 2 N–H and O–H groups in total. The molecule has 0 fully saturated rings. The Morgan fingerprint density at radius 1 is 1.14 bits per heavy atom. The van der Waals surface area contributed by atoms with E-state index in [0.29, 0.717) is 5.56 Å². The minimum atomic E-state index is -3.87. The molecule has 0 aromatic heterocycles. The summed E-state index contributed by atoms with van der Waals surface area (Å²) < 4.78 is 52.4. The van der Waals surface area contributed by atoms with Crippen molar-refractivity contribution >= 4 is 41.7 Å². The summed E-state index contributed by atoms with van der Waals surface area (Å²) in [5.41, 5.74) is 0.519. The first-order valence-corrected chi connectivity index (χ1v) is 12.4. The van der Waals surface area contributed by atoms with Crippen LogP contribution >= 0.6 is 15.9 Å². The summed E-state index contributed by atoms with van der Waals surface area (Å²) in [6.45, 7) is 1.44. The van der Waals surface area contributed by atoms with Gasteiger partial charge in [0.1, 0.15) is 0 Å². The quantitative estimate of drug-likeness (QED) is 0.672. The average Bonchev–Trinajstić information content (AvgIpc) is 2.64. The van der Waals surface area contributed by atoms with Gasteiger partial charge < -0.3 is 5.32 Å². The topological polar surface area (TPSA) is 109 Å². The van der Waals surface area contributed by atoms with Crippen LogP contribution in [0, 0.1) is 0 Å². The van der Waals surface area contributed by atoms with Crippen LogP contribution in [0.25, 0.3) is 0 Å². The molecule has 10 heteroatoms. The average molecular weight is 487 g/mol. The van der Waals surface area contributed by atoms with Gasteiger partial charge in [0.15, 0.2) is 9.84 Å². The van der Waals surface area contributed by atoms with Gasteiger partial charge >= 0.3 is 0 Å². The van der Waals surface area contributed by atoms with E-state index in [1.54, 1.807) is 30.3 Å². The molecule has 7 nitrogen and oxygen atoms in total. The lowest BCUT2D eigenvalue weighted by Crippen LogP contribution is -2.46. The molecule has 2 atom stereocenters. The number of rotatable bonds is 5. The molecule has 3 rings (SSSR count). The van der Waals surface area contributed by atoms with Gasteiger partial charge in [-0.25, -0.2) is 16.8 Å². The Hall–Kier alpha value is -1.75. The Bertz CT molecular complexity index is 1100. The fourth-order valence-corrected chi connectivity index (χ4v) is 6.09. The number of hydrogen-bond donors (Lipinski definition) is 2. The number of carbonyl (C=O) groups is 1. The molecule has 28 heavy (non-hydrogen) atoms. The van der Waals surface area contributed by atoms with Crippen LogP contribution in [0.1, 0.15) is 24.9 Å². The predicted molar refractivity (Wildman–Crippen MR) is 108 cm³/mol.